The minimum Gasteiger partial charge on any atom is -0.481 e. The molecule has 0 spiro atoms. The standard InChI is InChI=1S/C14H14N2O5/c1-8-11(19-2)15-14(16-12(8)20-3)21-10-7-5-4-6-9(10)13(17)18/h4-7H,1-3H3,(H,17,18). The Morgan fingerprint density at radius 3 is 2.19 bits per heavy atom. The molecule has 0 aliphatic carbocycles. The third-order valence-corrected chi connectivity index (χ3v) is 2.74. The van der Waals surface area contributed by atoms with E-state index >= 15 is 0 Å². The second-order valence-electron chi connectivity index (χ2n) is 4.05. The van der Waals surface area contributed by atoms with Crippen molar-refractivity contribution in [3.63, 3.8) is 0 Å². The first kappa shape index (κ1) is 14.6. The Morgan fingerprint density at radius 1 is 1.10 bits per heavy atom. The van der Waals surface area contributed by atoms with E-state index in [1.54, 1.807) is 19.1 Å². The SMILES string of the molecule is COc1nc(Oc2ccccc2C(=O)O)nc(OC)c1C. The van der Waals surface area contributed by atoms with Gasteiger partial charge in [-0.1, -0.05) is 12.1 Å². The Hall–Kier alpha value is -2.83. The molecule has 0 amide bonds. The zero-order chi connectivity index (χ0) is 15.4. The summed E-state index contributed by atoms with van der Waals surface area (Å²) in [7, 11) is 2.92. The average molecular weight is 290 g/mol. The smallest absolute Gasteiger partial charge is 0.339 e. The Bertz CT molecular complexity index is 647. The van der Waals surface area contributed by atoms with Crippen molar-refractivity contribution in [2.24, 2.45) is 0 Å². The lowest BCUT2D eigenvalue weighted by atomic mass is 10.2. The molecule has 0 unspecified atom stereocenters. The molecule has 1 N–H and O–H groups in total. The molecule has 110 valence electrons. The second kappa shape index (κ2) is 6.08. The highest BCUT2D eigenvalue weighted by Gasteiger charge is 2.16. The predicted octanol–water partition coefficient (Wildman–Crippen LogP) is 2.29. The number of carbonyl (C=O) groups is 1. The van der Waals surface area contributed by atoms with Crippen molar-refractivity contribution in [1.82, 2.24) is 9.97 Å². The predicted molar refractivity (Wildman–Crippen MR) is 73.3 cm³/mol. The van der Waals surface area contributed by atoms with E-state index in [0.717, 1.165) is 0 Å². The highest BCUT2D eigenvalue weighted by Crippen LogP contribution is 2.29. The van der Waals surface area contributed by atoms with Crippen LogP contribution in [0.25, 0.3) is 0 Å². The fourth-order valence-corrected chi connectivity index (χ4v) is 1.73. The number of ether oxygens (including phenoxy) is 3. The number of carboxylic acid groups (broad SMARTS) is 1. The molecule has 0 bridgehead atoms. The number of aromatic carboxylic acids is 1. The van der Waals surface area contributed by atoms with Crippen LogP contribution in [0.3, 0.4) is 0 Å². The highest BCUT2D eigenvalue weighted by molar-refractivity contribution is 5.90. The highest BCUT2D eigenvalue weighted by atomic mass is 16.5. The van der Waals surface area contributed by atoms with E-state index in [1.165, 1.54) is 26.4 Å². The number of nitrogens with zero attached hydrogens (tertiary/aromatic N) is 2. The Balaban J connectivity index is 2.43. The van der Waals surface area contributed by atoms with Crippen molar-refractivity contribution in [3.8, 4) is 23.5 Å². The Morgan fingerprint density at radius 2 is 1.67 bits per heavy atom. The van der Waals surface area contributed by atoms with Crippen molar-refractivity contribution in [2.75, 3.05) is 14.2 Å². The van der Waals surface area contributed by atoms with Gasteiger partial charge in [-0.25, -0.2) is 4.79 Å². The van der Waals surface area contributed by atoms with Crippen LogP contribution in [0.15, 0.2) is 24.3 Å². The van der Waals surface area contributed by atoms with Gasteiger partial charge in [-0.3, -0.25) is 0 Å². The summed E-state index contributed by atoms with van der Waals surface area (Å²) >= 11 is 0. The second-order valence-corrected chi connectivity index (χ2v) is 4.05. The van der Waals surface area contributed by atoms with Gasteiger partial charge in [-0.05, 0) is 19.1 Å². The van der Waals surface area contributed by atoms with E-state index in [-0.39, 0.29) is 17.3 Å². The minimum atomic E-state index is -1.10. The Labute approximate surface area is 121 Å². The van der Waals surface area contributed by atoms with Crippen LogP contribution in [-0.2, 0) is 0 Å². The summed E-state index contributed by atoms with van der Waals surface area (Å²) in [5.41, 5.74) is 0.637. The van der Waals surface area contributed by atoms with Gasteiger partial charge in [0.1, 0.15) is 11.3 Å². The first-order valence-electron chi connectivity index (χ1n) is 6.03. The first-order chi connectivity index (χ1) is 10.1. The molecule has 0 radical (unpaired) electrons. The maximum atomic E-state index is 11.1. The van der Waals surface area contributed by atoms with E-state index in [2.05, 4.69) is 9.97 Å². The lowest BCUT2D eigenvalue weighted by Gasteiger charge is -2.11. The van der Waals surface area contributed by atoms with Gasteiger partial charge in [-0.15, -0.1) is 0 Å². The number of hydrogen-bond donors (Lipinski definition) is 1. The van der Waals surface area contributed by atoms with Crippen molar-refractivity contribution in [3.05, 3.63) is 35.4 Å². The summed E-state index contributed by atoms with van der Waals surface area (Å²) in [6.45, 7) is 1.74. The summed E-state index contributed by atoms with van der Waals surface area (Å²) in [5.74, 6) is -0.371. The average Bonchev–Trinajstić information content (AvgIpc) is 2.49. The topological polar surface area (TPSA) is 90.8 Å². The molecular formula is C14H14N2O5. The zero-order valence-electron chi connectivity index (χ0n) is 11.8. The summed E-state index contributed by atoms with van der Waals surface area (Å²) < 4.78 is 15.7. The van der Waals surface area contributed by atoms with E-state index < -0.39 is 5.97 Å². The number of para-hydroxylation sites is 1. The summed E-state index contributed by atoms with van der Waals surface area (Å²) in [6, 6.07) is 6.16. The molecule has 7 heteroatoms. The van der Waals surface area contributed by atoms with Gasteiger partial charge in [0.2, 0.25) is 11.8 Å². The molecule has 0 fully saturated rings. The van der Waals surface area contributed by atoms with Crippen LogP contribution in [0.1, 0.15) is 15.9 Å². The summed E-state index contributed by atoms with van der Waals surface area (Å²) in [6.07, 6.45) is 0. The van der Waals surface area contributed by atoms with E-state index in [1.807, 2.05) is 0 Å². The number of hydrogen-bond acceptors (Lipinski definition) is 6. The third kappa shape index (κ3) is 3.02. The lowest BCUT2D eigenvalue weighted by Crippen LogP contribution is -2.04. The molecular weight excluding hydrogens is 276 g/mol. The van der Waals surface area contributed by atoms with Gasteiger partial charge in [-0.2, -0.15) is 9.97 Å². The molecule has 2 rings (SSSR count). The molecule has 1 aromatic carbocycles. The van der Waals surface area contributed by atoms with Crippen LogP contribution < -0.4 is 14.2 Å². The molecule has 0 aliphatic rings. The molecule has 7 nitrogen and oxygen atoms in total. The van der Waals surface area contributed by atoms with Gasteiger partial charge >= 0.3 is 12.0 Å². The third-order valence-electron chi connectivity index (χ3n) is 2.74. The first-order valence-corrected chi connectivity index (χ1v) is 6.03. The summed E-state index contributed by atoms with van der Waals surface area (Å²) in [5, 5.41) is 9.12. The van der Waals surface area contributed by atoms with Gasteiger partial charge in [0.25, 0.3) is 0 Å². The van der Waals surface area contributed by atoms with E-state index in [4.69, 9.17) is 19.3 Å². The van der Waals surface area contributed by atoms with Crippen LogP contribution in [0.5, 0.6) is 23.5 Å². The van der Waals surface area contributed by atoms with Crippen LogP contribution in [0.2, 0.25) is 0 Å². The van der Waals surface area contributed by atoms with Crippen molar-refractivity contribution in [2.45, 2.75) is 6.92 Å². The number of carboxylic acids is 1. The maximum Gasteiger partial charge on any atom is 0.339 e. The lowest BCUT2D eigenvalue weighted by molar-refractivity contribution is 0.0694. The molecule has 1 aromatic heterocycles. The quantitative estimate of drug-likeness (QED) is 0.903. The summed E-state index contributed by atoms with van der Waals surface area (Å²) in [4.78, 5) is 19.3. The number of aromatic nitrogens is 2. The van der Waals surface area contributed by atoms with Crippen LogP contribution in [0, 0.1) is 6.92 Å². The minimum absolute atomic E-state index is 0.0135. The molecule has 1 heterocycles. The molecule has 0 saturated carbocycles. The van der Waals surface area contributed by atoms with Gasteiger partial charge in [0.15, 0.2) is 0 Å². The van der Waals surface area contributed by atoms with Gasteiger partial charge in [0, 0.05) is 0 Å². The van der Waals surface area contributed by atoms with Crippen molar-refractivity contribution in [1.29, 1.82) is 0 Å². The van der Waals surface area contributed by atoms with Crippen LogP contribution >= 0.6 is 0 Å². The van der Waals surface area contributed by atoms with E-state index in [0.29, 0.717) is 17.3 Å². The molecule has 0 saturated heterocycles. The zero-order valence-corrected chi connectivity index (χ0v) is 11.8. The molecule has 0 aliphatic heterocycles. The van der Waals surface area contributed by atoms with Crippen LogP contribution in [0.4, 0.5) is 0 Å². The Kier molecular flexibility index (Phi) is 4.22. The molecule has 21 heavy (non-hydrogen) atoms. The van der Waals surface area contributed by atoms with Gasteiger partial charge in [0.05, 0.1) is 19.8 Å². The number of methoxy groups -OCH3 is 2. The number of benzene rings is 1. The fraction of sp³-hybridized carbons (Fsp3) is 0.214. The fourth-order valence-electron chi connectivity index (χ4n) is 1.73. The van der Waals surface area contributed by atoms with Crippen molar-refractivity contribution < 1.29 is 24.1 Å². The molecule has 2 aromatic rings. The van der Waals surface area contributed by atoms with Crippen LogP contribution in [-0.4, -0.2) is 35.3 Å². The monoisotopic (exact) mass is 290 g/mol. The maximum absolute atomic E-state index is 11.1. The van der Waals surface area contributed by atoms with E-state index in [9.17, 15) is 4.79 Å². The number of rotatable bonds is 5. The normalized spacial score (nSPS) is 10.0. The van der Waals surface area contributed by atoms with Crippen molar-refractivity contribution >= 4 is 5.97 Å². The molecule has 0 atom stereocenters. The largest absolute Gasteiger partial charge is 0.481 e. The van der Waals surface area contributed by atoms with Gasteiger partial charge < -0.3 is 19.3 Å².